The number of benzene rings is 1. The predicted octanol–water partition coefficient (Wildman–Crippen LogP) is 3.71. The zero-order valence-corrected chi connectivity index (χ0v) is 10.9. The molecule has 0 spiro atoms. The Labute approximate surface area is 108 Å². The van der Waals surface area contributed by atoms with Crippen molar-refractivity contribution in [3.8, 4) is 0 Å². The Bertz CT molecular complexity index is 391. The summed E-state index contributed by atoms with van der Waals surface area (Å²) in [7, 11) is 0. The van der Waals surface area contributed by atoms with Crippen LogP contribution in [0.15, 0.2) is 30.3 Å². The Balaban J connectivity index is 1.97. The third-order valence-corrected chi connectivity index (χ3v) is 3.57. The monoisotopic (exact) mass is 247 g/mol. The maximum atomic E-state index is 12.1. The van der Waals surface area contributed by atoms with Crippen LogP contribution < -0.4 is 5.48 Å². The first-order valence-corrected chi connectivity index (χ1v) is 6.73. The van der Waals surface area contributed by atoms with E-state index in [0.717, 1.165) is 31.4 Å². The molecular formula is C15H21NO2. The molecular weight excluding hydrogens is 226 g/mol. The fourth-order valence-corrected chi connectivity index (χ4v) is 2.29. The van der Waals surface area contributed by atoms with Crippen molar-refractivity contribution < 1.29 is 9.63 Å². The summed E-state index contributed by atoms with van der Waals surface area (Å²) in [6.07, 6.45) is 5.83. The Morgan fingerprint density at radius 3 is 2.61 bits per heavy atom. The minimum absolute atomic E-state index is 0.214. The minimum atomic E-state index is -0.684. The van der Waals surface area contributed by atoms with Gasteiger partial charge in [-0.05, 0) is 31.9 Å². The van der Waals surface area contributed by atoms with Crippen LogP contribution in [-0.2, 0) is 9.63 Å². The fraction of sp³-hybridized carbons (Fsp3) is 0.533. The van der Waals surface area contributed by atoms with Crippen LogP contribution >= 0.6 is 0 Å². The highest BCUT2D eigenvalue weighted by molar-refractivity contribution is 5.87. The SMILES string of the molecule is CC1(ONc2ccccc2)CCCCCCC1=O. The molecule has 0 amide bonds. The van der Waals surface area contributed by atoms with Crippen LogP contribution in [-0.4, -0.2) is 11.4 Å². The second-order valence-corrected chi connectivity index (χ2v) is 5.14. The predicted molar refractivity (Wildman–Crippen MR) is 72.3 cm³/mol. The van der Waals surface area contributed by atoms with Crippen molar-refractivity contribution in [3.05, 3.63) is 30.3 Å². The van der Waals surface area contributed by atoms with E-state index in [4.69, 9.17) is 4.84 Å². The van der Waals surface area contributed by atoms with Crippen LogP contribution in [0.2, 0.25) is 0 Å². The number of nitrogens with one attached hydrogen (secondary N) is 1. The maximum Gasteiger partial charge on any atom is 0.167 e. The van der Waals surface area contributed by atoms with Crippen LogP contribution in [0.4, 0.5) is 5.69 Å². The lowest BCUT2D eigenvalue weighted by atomic mass is 9.87. The summed E-state index contributed by atoms with van der Waals surface area (Å²) >= 11 is 0. The smallest absolute Gasteiger partial charge is 0.167 e. The van der Waals surface area contributed by atoms with Crippen molar-refractivity contribution in [2.45, 2.75) is 51.0 Å². The van der Waals surface area contributed by atoms with Crippen LogP contribution in [0.3, 0.4) is 0 Å². The Hall–Kier alpha value is -1.35. The number of para-hydroxylation sites is 1. The third-order valence-electron chi connectivity index (χ3n) is 3.57. The largest absolute Gasteiger partial charge is 0.296 e. The van der Waals surface area contributed by atoms with Gasteiger partial charge >= 0.3 is 0 Å². The zero-order chi connectivity index (χ0) is 12.8. The van der Waals surface area contributed by atoms with Gasteiger partial charge in [-0.25, -0.2) is 0 Å². The topological polar surface area (TPSA) is 38.3 Å². The summed E-state index contributed by atoms with van der Waals surface area (Å²) in [5.74, 6) is 0.214. The second-order valence-electron chi connectivity index (χ2n) is 5.14. The average molecular weight is 247 g/mol. The molecule has 1 saturated carbocycles. The first kappa shape index (κ1) is 13.1. The molecule has 1 N–H and O–H groups in total. The van der Waals surface area contributed by atoms with Crippen molar-refractivity contribution in [1.29, 1.82) is 0 Å². The van der Waals surface area contributed by atoms with E-state index in [-0.39, 0.29) is 5.78 Å². The standard InChI is InChI=1S/C15H21NO2/c1-15(12-8-3-2-7-11-14(15)17)18-16-13-9-5-4-6-10-13/h4-6,9-10,16H,2-3,7-8,11-12H2,1H3. The van der Waals surface area contributed by atoms with Gasteiger partial charge in [-0.1, -0.05) is 37.5 Å². The van der Waals surface area contributed by atoms with Gasteiger partial charge in [-0.15, -0.1) is 0 Å². The Morgan fingerprint density at radius 2 is 1.83 bits per heavy atom. The van der Waals surface area contributed by atoms with Crippen LogP contribution in [0.25, 0.3) is 0 Å². The number of carbonyl (C=O) groups excluding carboxylic acids is 1. The molecule has 0 bridgehead atoms. The van der Waals surface area contributed by atoms with Gasteiger partial charge in [-0.3, -0.25) is 15.1 Å². The molecule has 1 atom stereocenters. The van der Waals surface area contributed by atoms with Gasteiger partial charge in [0.05, 0.1) is 5.69 Å². The van der Waals surface area contributed by atoms with E-state index in [2.05, 4.69) is 5.48 Å². The number of carbonyl (C=O) groups is 1. The molecule has 1 aliphatic carbocycles. The van der Waals surface area contributed by atoms with Crippen molar-refractivity contribution in [2.75, 3.05) is 5.48 Å². The molecule has 2 rings (SSSR count). The van der Waals surface area contributed by atoms with Gasteiger partial charge in [0.15, 0.2) is 11.4 Å². The highest BCUT2D eigenvalue weighted by Gasteiger charge is 2.34. The first-order chi connectivity index (χ1) is 8.71. The molecule has 0 aromatic heterocycles. The summed E-state index contributed by atoms with van der Waals surface area (Å²) in [5, 5.41) is 0. The highest BCUT2D eigenvalue weighted by atomic mass is 16.7. The van der Waals surface area contributed by atoms with E-state index in [1.54, 1.807) is 0 Å². The number of rotatable bonds is 3. The van der Waals surface area contributed by atoms with E-state index >= 15 is 0 Å². The molecule has 0 heterocycles. The summed E-state index contributed by atoms with van der Waals surface area (Å²) in [6, 6.07) is 9.68. The Morgan fingerprint density at radius 1 is 1.11 bits per heavy atom. The lowest BCUT2D eigenvalue weighted by Crippen LogP contribution is -2.40. The van der Waals surface area contributed by atoms with Crippen molar-refractivity contribution in [1.82, 2.24) is 0 Å². The number of anilines is 1. The lowest BCUT2D eigenvalue weighted by Gasteiger charge is -2.29. The minimum Gasteiger partial charge on any atom is -0.296 e. The lowest BCUT2D eigenvalue weighted by molar-refractivity contribution is -0.140. The number of hydrogen-bond acceptors (Lipinski definition) is 3. The van der Waals surface area contributed by atoms with E-state index in [0.29, 0.717) is 6.42 Å². The van der Waals surface area contributed by atoms with Crippen LogP contribution in [0.1, 0.15) is 45.4 Å². The summed E-state index contributed by atoms with van der Waals surface area (Å²) in [4.78, 5) is 17.8. The van der Waals surface area contributed by atoms with E-state index in [1.807, 2.05) is 37.3 Å². The summed E-state index contributed by atoms with van der Waals surface area (Å²) in [5.41, 5.74) is 3.11. The zero-order valence-electron chi connectivity index (χ0n) is 10.9. The molecule has 18 heavy (non-hydrogen) atoms. The van der Waals surface area contributed by atoms with Gasteiger partial charge < -0.3 is 0 Å². The number of ketones is 1. The highest BCUT2D eigenvalue weighted by Crippen LogP contribution is 2.27. The average Bonchev–Trinajstić information content (AvgIpc) is 2.39. The van der Waals surface area contributed by atoms with Gasteiger partial charge in [0.25, 0.3) is 0 Å². The van der Waals surface area contributed by atoms with E-state index < -0.39 is 5.60 Å². The number of Topliss-reactive ketones (excluding diaryl/α,β-unsaturated/α-hetero) is 1. The molecule has 0 radical (unpaired) electrons. The normalized spacial score (nSPS) is 25.3. The van der Waals surface area contributed by atoms with Gasteiger partial charge in [0.2, 0.25) is 0 Å². The van der Waals surface area contributed by atoms with Gasteiger partial charge in [-0.2, -0.15) is 0 Å². The second kappa shape index (κ2) is 6.01. The van der Waals surface area contributed by atoms with Gasteiger partial charge in [0.1, 0.15) is 0 Å². The number of hydrogen-bond donors (Lipinski definition) is 1. The summed E-state index contributed by atoms with van der Waals surface area (Å²) in [6.45, 7) is 1.90. The molecule has 1 aliphatic rings. The van der Waals surface area contributed by atoms with Crippen molar-refractivity contribution in [3.63, 3.8) is 0 Å². The maximum absolute atomic E-state index is 12.1. The van der Waals surface area contributed by atoms with Crippen molar-refractivity contribution >= 4 is 11.5 Å². The summed E-state index contributed by atoms with van der Waals surface area (Å²) < 4.78 is 0. The van der Waals surface area contributed by atoms with Crippen molar-refractivity contribution in [2.24, 2.45) is 0 Å². The van der Waals surface area contributed by atoms with Gasteiger partial charge in [0, 0.05) is 6.42 Å². The molecule has 1 aromatic rings. The fourth-order valence-electron chi connectivity index (χ4n) is 2.29. The first-order valence-electron chi connectivity index (χ1n) is 6.73. The van der Waals surface area contributed by atoms with E-state index in [9.17, 15) is 4.79 Å². The molecule has 1 unspecified atom stereocenters. The van der Waals surface area contributed by atoms with Crippen LogP contribution in [0, 0.1) is 0 Å². The molecule has 1 aromatic carbocycles. The van der Waals surface area contributed by atoms with E-state index in [1.165, 1.54) is 6.42 Å². The molecule has 0 saturated heterocycles. The van der Waals surface area contributed by atoms with Crippen LogP contribution in [0.5, 0.6) is 0 Å². The molecule has 1 fully saturated rings. The molecule has 0 aliphatic heterocycles. The molecule has 98 valence electrons. The third kappa shape index (κ3) is 3.33. The molecule has 3 heteroatoms. The quantitative estimate of drug-likeness (QED) is 0.827. The molecule has 3 nitrogen and oxygen atoms in total. The Kier molecular flexibility index (Phi) is 4.37.